The second kappa shape index (κ2) is 7.02. The van der Waals surface area contributed by atoms with Gasteiger partial charge in [0.05, 0.1) is 0 Å². The molecule has 0 spiro atoms. The molecule has 1 aliphatic carbocycles. The number of nitrogens with zero attached hydrogens (tertiary/aromatic N) is 1. The van der Waals surface area contributed by atoms with Crippen LogP contribution in [0.1, 0.15) is 43.2 Å². The van der Waals surface area contributed by atoms with Crippen molar-refractivity contribution in [3.8, 4) is 0 Å². The highest BCUT2D eigenvalue weighted by atomic mass is 19.3. The predicted octanol–water partition coefficient (Wildman–Crippen LogP) is 4.50. The van der Waals surface area contributed by atoms with Crippen LogP contribution in [0.15, 0.2) is 41.1 Å². The van der Waals surface area contributed by atoms with Crippen LogP contribution in [-0.2, 0) is 11.4 Å². The Labute approximate surface area is 111 Å². The first-order chi connectivity index (χ1) is 9.25. The Bertz CT molecular complexity index is 452. The van der Waals surface area contributed by atoms with E-state index < -0.39 is 6.43 Å². The maximum atomic E-state index is 12.3. The molecule has 0 aromatic heterocycles. The Hall–Kier alpha value is -1.71. The molecule has 0 unspecified atom stereocenters. The number of alkyl halides is 2. The summed E-state index contributed by atoms with van der Waals surface area (Å²) < 4.78 is 24.7. The molecule has 101 valence electrons. The Balaban J connectivity index is 1.79. The van der Waals surface area contributed by atoms with Gasteiger partial charge in [-0.15, -0.1) is 0 Å². The van der Waals surface area contributed by atoms with E-state index in [-0.39, 0.29) is 12.2 Å². The number of hydrogen-bond acceptors (Lipinski definition) is 2. The molecule has 0 N–H and O–H groups in total. The molecule has 0 atom stereocenters. The van der Waals surface area contributed by atoms with Crippen molar-refractivity contribution >= 4 is 6.21 Å². The average molecular weight is 264 g/mol. The Morgan fingerprint density at radius 1 is 1.21 bits per heavy atom. The summed E-state index contributed by atoms with van der Waals surface area (Å²) >= 11 is 0. The fraction of sp³-hybridized carbons (Fsp3) is 0.400. The van der Waals surface area contributed by atoms with Gasteiger partial charge in [0.1, 0.15) is 12.8 Å². The molecule has 0 fully saturated rings. The predicted molar refractivity (Wildman–Crippen MR) is 70.2 cm³/mol. The minimum atomic E-state index is -2.43. The normalized spacial score (nSPS) is 15.8. The molecule has 0 bridgehead atoms. The number of benzene rings is 1. The summed E-state index contributed by atoms with van der Waals surface area (Å²) in [6, 6.07) is 6.05. The third-order valence-corrected chi connectivity index (χ3v) is 3.01. The molecule has 2 nitrogen and oxygen atoms in total. The highest BCUT2D eigenvalue weighted by molar-refractivity contribution is 5.78. The van der Waals surface area contributed by atoms with Crippen molar-refractivity contribution in [1.82, 2.24) is 0 Å². The van der Waals surface area contributed by atoms with Gasteiger partial charge in [0, 0.05) is 5.56 Å². The monoisotopic (exact) mass is 264 g/mol. The minimum absolute atomic E-state index is 0.0196. The fourth-order valence-corrected chi connectivity index (χ4v) is 1.90. The van der Waals surface area contributed by atoms with Gasteiger partial charge in [0.15, 0.2) is 0 Å². The molecule has 0 saturated heterocycles. The molecule has 0 saturated carbocycles. The van der Waals surface area contributed by atoms with Crippen LogP contribution in [0.3, 0.4) is 0 Å². The SMILES string of the molecule is FC(F)c1ccc(CO/N=[C]\C2=CCCCC2)cc1. The van der Waals surface area contributed by atoms with Crippen molar-refractivity contribution in [1.29, 1.82) is 0 Å². The van der Waals surface area contributed by atoms with E-state index >= 15 is 0 Å². The number of allylic oxidation sites excluding steroid dienone is 2. The average Bonchev–Trinajstić information content (AvgIpc) is 2.45. The molecular weight excluding hydrogens is 248 g/mol. The Morgan fingerprint density at radius 2 is 2.00 bits per heavy atom. The van der Waals surface area contributed by atoms with E-state index in [2.05, 4.69) is 17.4 Å². The van der Waals surface area contributed by atoms with E-state index in [1.807, 2.05) is 0 Å². The highest BCUT2D eigenvalue weighted by Crippen LogP contribution is 2.19. The summed E-state index contributed by atoms with van der Waals surface area (Å²) in [5.41, 5.74) is 1.91. The molecular formula is C15H16F2NO. The zero-order chi connectivity index (χ0) is 13.5. The maximum Gasteiger partial charge on any atom is 0.263 e. The number of halogens is 2. The summed E-state index contributed by atoms with van der Waals surface area (Å²) in [5.74, 6) is 0. The lowest BCUT2D eigenvalue weighted by atomic mass is 10.0. The second-order valence-electron chi connectivity index (χ2n) is 4.49. The van der Waals surface area contributed by atoms with Crippen LogP contribution in [0.25, 0.3) is 0 Å². The summed E-state index contributed by atoms with van der Waals surface area (Å²) in [6.45, 7) is 0.268. The maximum absolute atomic E-state index is 12.3. The first-order valence-electron chi connectivity index (χ1n) is 6.40. The molecule has 1 aromatic rings. The molecule has 0 aliphatic heterocycles. The van der Waals surface area contributed by atoms with E-state index in [0.717, 1.165) is 24.0 Å². The zero-order valence-electron chi connectivity index (χ0n) is 10.6. The van der Waals surface area contributed by atoms with Gasteiger partial charge in [-0.25, -0.2) is 8.78 Å². The molecule has 0 heterocycles. The minimum Gasteiger partial charge on any atom is -0.390 e. The smallest absolute Gasteiger partial charge is 0.263 e. The molecule has 4 heteroatoms. The third kappa shape index (κ3) is 4.47. The van der Waals surface area contributed by atoms with E-state index in [0.29, 0.717) is 0 Å². The van der Waals surface area contributed by atoms with Gasteiger partial charge in [0.2, 0.25) is 0 Å². The molecule has 0 amide bonds. The standard InChI is InChI=1S/C15H16F2NO/c16-15(17)14-8-6-13(7-9-14)11-19-18-10-12-4-2-1-3-5-12/h4,6-9,15H,1-3,5,11H2. The Morgan fingerprint density at radius 3 is 2.63 bits per heavy atom. The van der Waals surface area contributed by atoms with Crippen LogP contribution < -0.4 is 0 Å². The van der Waals surface area contributed by atoms with Crippen molar-refractivity contribution < 1.29 is 13.6 Å². The summed E-state index contributed by atoms with van der Waals surface area (Å²) in [4.78, 5) is 5.11. The lowest BCUT2D eigenvalue weighted by Gasteiger charge is -2.06. The quantitative estimate of drug-likeness (QED) is 0.566. The van der Waals surface area contributed by atoms with Crippen molar-refractivity contribution in [3.05, 3.63) is 47.0 Å². The Kier molecular flexibility index (Phi) is 5.07. The van der Waals surface area contributed by atoms with Crippen LogP contribution in [-0.4, -0.2) is 6.21 Å². The van der Waals surface area contributed by atoms with Gasteiger partial charge in [0.25, 0.3) is 6.43 Å². The van der Waals surface area contributed by atoms with Gasteiger partial charge in [-0.2, -0.15) is 0 Å². The van der Waals surface area contributed by atoms with Crippen molar-refractivity contribution in [2.45, 2.75) is 38.7 Å². The van der Waals surface area contributed by atoms with Gasteiger partial charge in [-0.1, -0.05) is 35.5 Å². The van der Waals surface area contributed by atoms with E-state index in [1.54, 1.807) is 12.1 Å². The summed E-state index contributed by atoms with van der Waals surface area (Å²) in [6.07, 6.45) is 7.02. The summed E-state index contributed by atoms with van der Waals surface area (Å²) in [7, 11) is 0. The van der Waals surface area contributed by atoms with Gasteiger partial charge in [-0.05, 0) is 36.8 Å². The lowest BCUT2D eigenvalue weighted by molar-refractivity contribution is 0.131. The van der Waals surface area contributed by atoms with E-state index in [9.17, 15) is 8.78 Å². The first kappa shape index (κ1) is 13.7. The topological polar surface area (TPSA) is 21.6 Å². The van der Waals surface area contributed by atoms with Crippen LogP contribution in [0, 0.1) is 0 Å². The largest absolute Gasteiger partial charge is 0.390 e. The van der Waals surface area contributed by atoms with E-state index in [1.165, 1.54) is 25.0 Å². The van der Waals surface area contributed by atoms with Crippen molar-refractivity contribution in [2.24, 2.45) is 5.16 Å². The zero-order valence-corrected chi connectivity index (χ0v) is 10.6. The van der Waals surface area contributed by atoms with Crippen LogP contribution in [0.5, 0.6) is 0 Å². The third-order valence-electron chi connectivity index (χ3n) is 3.01. The van der Waals surface area contributed by atoms with Crippen molar-refractivity contribution in [3.63, 3.8) is 0 Å². The van der Waals surface area contributed by atoms with Crippen molar-refractivity contribution in [2.75, 3.05) is 0 Å². The highest BCUT2D eigenvalue weighted by Gasteiger charge is 2.05. The first-order valence-corrected chi connectivity index (χ1v) is 6.40. The fourth-order valence-electron chi connectivity index (χ4n) is 1.90. The number of rotatable bonds is 5. The summed E-state index contributed by atoms with van der Waals surface area (Å²) in [5, 5.41) is 3.78. The van der Waals surface area contributed by atoms with Crippen LogP contribution >= 0.6 is 0 Å². The number of hydrogen-bond donors (Lipinski definition) is 0. The molecule has 1 radical (unpaired) electrons. The van der Waals surface area contributed by atoms with Gasteiger partial charge >= 0.3 is 0 Å². The molecule has 1 aromatic carbocycles. The second-order valence-corrected chi connectivity index (χ2v) is 4.49. The van der Waals surface area contributed by atoms with Gasteiger partial charge in [-0.3, -0.25) is 0 Å². The van der Waals surface area contributed by atoms with Crippen LogP contribution in [0.2, 0.25) is 0 Å². The van der Waals surface area contributed by atoms with E-state index in [4.69, 9.17) is 4.84 Å². The molecule has 2 rings (SSSR count). The van der Waals surface area contributed by atoms with Crippen LogP contribution in [0.4, 0.5) is 8.78 Å². The molecule has 1 aliphatic rings. The van der Waals surface area contributed by atoms with Gasteiger partial charge < -0.3 is 4.84 Å². The lowest BCUT2D eigenvalue weighted by Crippen LogP contribution is -1.94. The molecule has 19 heavy (non-hydrogen) atoms.